The third kappa shape index (κ3) is 11.8. The lowest BCUT2D eigenvalue weighted by molar-refractivity contribution is -0.308. The molecular weight excluding hydrogens is 773 g/mol. The van der Waals surface area contributed by atoms with Gasteiger partial charge in [0.15, 0.2) is 20.2 Å². The zero-order valence-electron chi connectivity index (χ0n) is 37.2. The van der Waals surface area contributed by atoms with Crippen LogP contribution in [0.15, 0.2) is 91.0 Å². The van der Waals surface area contributed by atoms with Crippen LogP contribution in [0.25, 0.3) is 0 Å². The van der Waals surface area contributed by atoms with Crippen molar-refractivity contribution < 1.29 is 37.3 Å². The van der Waals surface area contributed by atoms with Gasteiger partial charge < -0.3 is 32.5 Å². The van der Waals surface area contributed by atoms with Crippen molar-refractivity contribution in [2.24, 2.45) is 5.92 Å². The van der Waals surface area contributed by atoms with E-state index in [2.05, 4.69) is 133 Å². The van der Waals surface area contributed by atoms with E-state index >= 15 is 0 Å². The minimum absolute atomic E-state index is 0.0331. The molecule has 0 radical (unpaired) electrons. The highest BCUT2D eigenvalue weighted by molar-refractivity contribution is 6.99. The van der Waals surface area contributed by atoms with Gasteiger partial charge in [-0.3, -0.25) is 4.79 Å². The molecule has 0 aliphatic carbocycles. The predicted molar refractivity (Wildman–Crippen MR) is 241 cm³/mol. The van der Waals surface area contributed by atoms with E-state index in [0.717, 1.165) is 30.1 Å². The van der Waals surface area contributed by atoms with E-state index < -0.39 is 28.5 Å². The Kier molecular flexibility index (Phi) is 17.2. The second-order valence-electron chi connectivity index (χ2n) is 17.5. The summed E-state index contributed by atoms with van der Waals surface area (Å²) in [4.78, 5) is 12.3. The summed E-state index contributed by atoms with van der Waals surface area (Å²) >= 11 is 0. The van der Waals surface area contributed by atoms with Crippen molar-refractivity contribution in [2.45, 2.75) is 154 Å². The lowest BCUT2D eigenvalue weighted by Gasteiger charge is -2.46. The first-order valence-electron chi connectivity index (χ1n) is 21.9. The fraction of sp³-hybridized carbons (Fsp3) is 0.571. The van der Waals surface area contributed by atoms with Crippen molar-refractivity contribution in [2.75, 3.05) is 20.3 Å². The molecule has 2 aliphatic rings. The zero-order chi connectivity index (χ0) is 42.5. The molecule has 3 aromatic carbocycles. The molecule has 10 heteroatoms. The molecule has 0 spiro atoms. The summed E-state index contributed by atoms with van der Waals surface area (Å²) in [6, 6.07) is 34.7. The van der Waals surface area contributed by atoms with Crippen molar-refractivity contribution in [1.29, 1.82) is 0 Å². The number of carbonyl (C=O) groups is 1. The number of rotatable bonds is 20. The molecule has 8 nitrogen and oxygen atoms in total. The third-order valence-electron chi connectivity index (χ3n) is 12.6. The molecule has 2 heterocycles. The standard InChI is InChI=1S/C49H70O8Si2/c1-10-58(11-2,12-3)57-42(36-52-35-40-23-16-13-17-24-40)26-22-25-41(54-39(5)50)31-32-49(51-9)38(4)33-46-47(56-49)34-43(55-46)37-53-59(48(6,7)8,44-27-18-14-19-28-44)45-29-20-15-21-30-45/h13-21,23-24,27-30,38,41-43,46-47H,10-12,26,31-37H2,1-9H3/t38-,41?,42-,43+,46-,47-,49+/m1/s1. The van der Waals surface area contributed by atoms with Crippen LogP contribution in [-0.4, -0.2) is 79.2 Å². The molecule has 0 amide bonds. The van der Waals surface area contributed by atoms with Crippen molar-refractivity contribution in [3.63, 3.8) is 0 Å². The van der Waals surface area contributed by atoms with Crippen LogP contribution >= 0.6 is 0 Å². The van der Waals surface area contributed by atoms with Crippen LogP contribution in [-0.2, 0) is 43.9 Å². The quantitative estimate of drug-likeness (QED) is 0.0634. The Hall–Kier alpha value is -3.12. The normalized spacial score (nSPS) is 23.1. The number of benzene rings is 3. The van der Waals surface area contributed by atoms with Gasteiger partial charge in [-0.1, -0.05) is 151 Å². The highest BCUT2D eigenvalue weighted by Gasteiger charge is 2.54. The SMILES string of the molecule is CC[Si](CC)(CC)O[C@H](CC#CC(CC[C@]1(OC)O[C@@H]2C[C@@H](CO[Si](c3ccccc3)(c3ccccc3)C(C)(C)C)O[C@@H]2C[C@H]1C)OC(C)=O)COCc1ccccc1. The van der Waals surface area contributed by atoms with Crippen LogP contribution < -0.4 is 10.4 Å². The van der Waals surface area contributed by atoms with Crippen LogP contribution in [0.5, 0.6) is 0 Å². The highest BCUT2D eigenvalue weighted by Crippen LogP contribution is 2.45. The molecule has 2 saturated heterocycles. The van der Waals surface area contributed by atoms with E-state index in [9.17, 15) is 4.79 Å². The molecule has 7 atom stereocenters. The second-order valence-corrected chi connectivity index (χ2v) is 26.5. The van der Waals surface area contributed by atoms with Gasteiger partial charge in [-0.2, -0.15) is 0 Å². The Morgan fingerprint density at radius 1 is 0.881 bits per heavy atom. The summed E-state index contributed by atoms with van der Waals surface area (Å²) < 4.78 is 46.0. The van der Waals surface area contributed by atoms with Gasteiger partial charge in [0.2, 0.25) is 0 Å². The molecular formula is C49H70O8Si2. The van der Waals surface area contributed by atoms with Crippen LogP contribution in [0, 0.1) is 17.8 Å². The fourth-order valence-corrected chi connectivity index (χ4v) is 16.6. The first-order chi connectivity index (χ1) is 28.3. The first kappa shape index (κ1) is 46.9. The maximum atomic E-state index is 12.3. The van der Waals surface area contributed by atoms with Gasteiger partial charge in [0.05, 0.1) is 44.2 Å². The van der Waals surface area contributed by atoms with Gasteiger partial charge in [-0.05, 0) is 45.5 Å². The van der Waals surface area contributed by atoms with Crippen molar-refractivity contribution in [3.8, 4) is 11.8 Å². The Labute approximate surface area is 357 Å². The molecule has 0 bridgehead atoms. The molecule has 0 N–H and O–H groups in total. The topological polar surface area (TPSA) is 81.7 Å². The van der Waals surface area contributed by atoms with Crippen molar-refractivity contribution in [1.82, 2.24) is 0 Å². The molecule has 59 heavy (non-hydrogen) atoms. The maximum absolute atomic E-state index is 12.3. The van der Waals surface area contributed by atoms with Gasteiger partial charge in [-0.15, -0.1) is 0 Å². The maximum Gasteiger partial charge on any atom is 0.303 e. The molecule has 2 fully saturated rings. The Balaban J connectivity index is 1.26. The molecule has 0 aromatic heterocycles. The van der Waals surface area contributed by atoms with Gasteiger partial charge >= 0.3 is 5.97 Å². The van der Waals surface area contributed by atoms with E-state index in [1.165, 1.54) is 17.3 Å². The van der Waals surface area contributed by atoms with E-state index in [1.54, 1.807) is 7.11 Å². The Morgan fingerprint density at radius 2 is 1.47 bits per heavy atom. The van der Waals surface area contributed by atoms with Crippen molar-refractivity contribution >= 4 is 33.0 Å². The molecule has 0 saturated carbocycles. The molecule has 2 aliphatic heterocycles. The van der Waals surface area contributed by atoms with Crippen LogP contribution in [0.2, 0.25) is 23.2 Å². The van der Waals surface area contributed by atoms with Gasteiger partial charge in [0, 0.05) is 45.6 Å². The second kappa shape index (κ2) is 21.6. The lowest BCUT2D eigenvalue weighted by Crippen LogP contribution is -2.67. The summed E-state index contributed by atoms with van der Waals surface area (Å²) in [7, 11) is -2.94. The molecule has 322 valence electrons. The summed E-state index contributed by atoms with van der Waals surface area (Å²) in [6.07, 6.45) is 1.86. The smallest absolute Gasteiger partial charge is 0.303 e. The van der Waals surface area contributed by atoms with E-state index in [4.69, 9.17) is 32.5 Å². The van der Waals surface area contributed by atoms with Gasteiger partial charge in [-0.25, -0.2) is 0 Å². The molecule has 3 aromatic rings. The number of carbonyl (C=O) groups excluding carboxylic acids is 1. The number of ether oxygens (including phenoxy) is 5. The fourth-order valence-electron chi connectivity index (χ4n) is 9.13. The van der Waals surface area contributed by atoms with E-state index in [0.29, 0.717) is 45.5 Å². The predicted octanol–water partition coefficient (Wildman–Crippen LogP) is 9.20. The summed E-state index contributed by atoms with van der Waals surface area (Å²) in [6.45, 7) is 18.6. The monoisotopic (exact) mass is 842 g/mol. The summed E-state index contributed by atoms with van der Waals surface area (Å²) in [5.74, 6) is 5.43. The molecule has 1 unspecified atom stereocenters. The number of hydrogen-bond acceptors (Lipinski definition) is 8. The van der Waals surface area contributed by atoms with Crippen molar-refractivity contribution in [3.05, 3.63) is 96.6 Å². The van der Waals surface area contributed by atoms with E-state index in [1.807, 2.05) is 18.2 Å². The molecule has 5 rings (SSSR count). The summed E-state index contributed by atoms with van der Waals surface area (Å²) in [5.41, 5.74) is 1.12. The van der Waals surface area contributed by atoms with Crippen LogP contribution in [0.3, 0.4) is 0 Å². The van der Waals surface area contributed by atoms with Gasteiger partial charge in [0.25, 0.3) is 8.32 Å². The number of methoxy groups -OCH3 is 1. The minimum atomic E-state index is -2.72. The zero-order valence-corrected chi connectivity index (χ0v) is 39.2. The lowest BCUT2D eigenvalue weighted by atomic mass is 9.85. The van der Waals surface area contributed by atoms with E-state index in [-0.39, 0.29) is 41.3 Å². The third-order valence-corrected chi connectivity index (χ3v) is 22.3. The van der Waals surface area contributed by atoms with Gasteiger partial charge in [0.1, 0.15) is 0 Å². The number of fused-ring (bicyclic) bond motifs is 1. The Morgan fingerprint density at radius 3 is 2.02 bits per heavy atom. The highest BCUT2D eigenvalue weighted by atomic mass is 28.4. The largest absolute Gasteiger partial charge is 0.449 e. The number of hydrogen-bond donors (Lipinski definition) is 0. The summed E-state index contributed by atoms with van der Waals surface area (Å²) in [5, 5.41) is 2.37. The van der Waals surface area contributed by atoms with Crippen LogP contribution in [0.1, 0.15) is 93.1 Å². The van der Waals surface area contributed by atoms with Crippen LogP contribution in [0.4, 0.5) is 0 Å². The minimum Gasteiger partial charge on any atom is -0.449 e. The number of esters is 1. The average molecular weight is 843 g/mol. The first-order valence-corrected chi connectivity index (χ1v) is 26.3. The average Bonchev–Trinajstić information content (AvgIpc) is 3.63. The Bertz CT molecular complexity index is 1720.